The number of aliphatic imine (C=N–C) groups is 1. The summed E-state index contributed by atoms with van der Waals surface area (Å²) in [6, 6.07) is 16.1. The summed E-state index contributed by atoms with van der Waals surface area (Å²) in [6.07, 6.45) is 2.62. The number of rotatable bonds is 7. The van der Waals surface area contributed by atoms with Crippen molar-refractivity contribution in [3.63, 3.8) is 0 Å². The quantitative estimate of drug-likeness (QED) is 0.255. The monoisotopic (exact) mass is 520 g/mol. The number of halogens is 1. The van der Waals surface area contributed by atoms with Crippen LogP contribution < -0.4 is 15.4 Å². The highest BCUT2D eigenvalue weighted by molar-refractivity contribution is 14.0. The first-order valence-electron chi connectivity index (χ1n) is 9.82. The first-order chi connectivity index (χ1) is 14.2. The minimum absolute atomic E-state index is 0. The number of guanidine groups is 1. The maximum Gasteiger partial charge on any atom is 0.242 e. The summed E-state index contributed by atoms with van der Waals surface area (Å²) in [4.78, 5) is 18.7. The Bertz CT molecular complexity index is 885. The average Bonchev–Trinajstić information content (AvgIpc) is 2.77. The van der Waals surface area contributed by atoms with E-state index in [0.29, 0.717) is 25.7 Å². The fourth-order valence-electron chi connectivity index (χ4n) is 3.32. The van der Waals surface area contributed by atoms with E-state index in [1.54, 1.807) is 13.1 Å². The zero-order valence-corrected chi connectivity index (χ0v) is 19.6. The Morgan fingerprint density at radius 1 is 1.17 bits per heavy atom. The van der Waals surface area contributed by atoms with Gasteiger partial charge in [-0.3, -0.25) is 9.79 Å². The highest BCUT2D eigenvalue weighted by atomic mass is 127. The van der Waals surface area contributed by atoms with E-state index in [1.165, 1.54) is 11.1 Å². The summed E-state index contributed by atoms with van der Waals surface area (Å²) in [5, 5.41) is 6.35. The minimum atomic E-state index is 0. The van der Waals surface area contributed by atoms with Crippen LogP contribution in [0.15, 0.2) is 66.2 Å². The molecule has 1 amide bonds. The SMILES string of the molecule is C=CCOc1ccccc1CNC(=NC)NCC(=O)N1CCc2ccccc2C1.I. The van der Waals surface area contributed by atoms with Gasteiger partial charge in [-0.15, -0.1) is 24.0 Å². The predicted octanol–water partition coefficient (Wildman–Crippen LogP) is 3.12. The zero-order chi connectivity index (χ0) is 20.5. The van der Waals surface area contributed by atoms with E-state index < -0.39 is 0 Å². The van der Waals surface area contributed by atoms with Crippen molar-refractivity contribution in [1.82, 2.24) is 15.5 Å². The smallest absolute Gasteiger partial charge is 0.242 e. The zero-order valence-electron chi connectivity index (χ0n) is 17.3. The van der Waals surface area contributed by atoms with Gasteiger partial charge in [0.25, 0.3) is 0 Å². The number of nitrogens with zero attached hydrogens (tertiary/aromatic N) is 2. The summed E-state index contributed by atoms with van der Waals surface area (Å²) in [5.41, 5.74) is 3.57. The second-order valence-corrected chi connectivity index (χ2v) is 6.82. The van der Waals surface area contributed by atoms with Gasteiger partial charge in [-0.25, -0.2) is 0 Å². The molecule has 0 aliphatic carbocycles. The Morgan fingerprint density at radius 2 is 1.90 bits per heavy atom. The van der Waals surface area contributed by atoms with Gasteiger partial charge in [0.2, 0.25) is 5.91 Å². The molecule has 6 nitrogen and oxygen atoms in total. The second kappa shape index (κ2) is 12.2. The number of carbonyl (C=O) groups is 1. The number of para-hydroxylation sites is 1. The van der Waals surface area contributed by atoms with Crippen LogP contribution in [0, 0.1) is 0 Å². The van der Waals surface area contributed by atoms with E-state index >= 15 is 0 Å². The fourth-order valence-corrected chi connectivity index (χ4v) is 3.32. The lowest BCUT2D eigenvalue weighted by Gasteiger charge is -2.29. The number of benzene rings is 2. The van der Waals surface area contributed by atoms with E-state index in [1.807, 2.05) is 41.3 Å². The van der Waals surface area contributed by atoms with Crippen molar-refractivity contribution in [1.29, 1.82) is 0 Å². The maximum atomic E-state index is 12.6. The first-order valence-corrected chi connectivity index (χ1v) is 9.82. The number of hydrogen-bond acceptors (Lipinski definition) is 3. The third-order valence-electron chi connectivity index (χ3n) is 4.89. The van der Waals surface area contributed by atoms with Gasteiger partial charge >= 0.3 is 0 Å². The van der Waals surface area contributed by atoms with E-state index in [4.69, 9.17) is 4.74 Å². The first kappa shape index (κ1) is 23.7. The standard InChI is InChI=1S/C23H28N4O2.HI/c1-3-14-29-21-11-7-6-9-19(21)15-25-23(24-2)26-16-22(28)27-13-12-18-8-4-5-10-20(18)17-27;/h3-11H,1,12-17H2,2H3,(H2,24,25,26);1H. The Balaban J connectivity index is 0.00000320. The molecule has 0 unspecified atom stereocenters. The van der Waals surface area contributed by atoms with E-state index in [9.17, 15) is 4.79 Å². The molecule has 0 atom stereocenters. The van der Waals surface area contributed by atoms with Crippen molar-refractivity contribution in [3.05, 3.63) is 77.9 Å². The van der Waals surface area contributed by atoms with Crippen LogP contribution in [-0.2, 0) is 24.3 Å². The Morgan fingerprint density at radius 3 is 2.67 bits per heavy atom. The van der Waals surface area contributed by atoms with Crippen LogP contribution in [0.5, 0.6) is 5.75 Å². The molecule has 1 aliphatic heterocycles. The maximum absolute atomic E-state index is 12.6. The highest BCUT2D eigenvalue weighted by Crippen LogP contribution is 2.19. The highest BCUT2D eigenvalue weighted by Gasteiger charge is 2.20. The molecular formula is C23H29IN4O2. The fraction of sp³-hybridized carbons (Fsp3) is 0.304. The Kier molecular flexibility index (Phi) is 9.66. The van der Waals surface area contributed by atoms with Crippen molar-refractivity contribution in [2.24, 2.45) is 4.99 Å². The molecule has 2 N–H and O–H groups in total. The van der Waals surface area contributed by atoms with Crippen LogP contribution in [0.3, 0.4) is 0 Å². The molecule has 30 heavy (non-hydrogen) atoms. The number of hydrogen-bond donors (Lipinski definition) is 2. The Labute approximate surface area is 195 Å². The molecule has 160 valence electrons. The van der Waals surface area contributed by atoms with Gasteiger partial charge in [0.15, 0.2) is 5.96 Å². The molecule has 3 rings (SSSR count). The topological polar surface area (TPSA) is 66.0 Å². The summed E-state index contributed by atoms with van der Waals surface area (Å²) >= 11 is 0. The summed E-state index contributed by atoms with van der Waals surface area (Å²) in [5.74, 6) is 1.45. The lowest BCUT2D eigenvalue weighted by molar-refractivity contribution is -0.130. The van der Waals surface area contributed by atoms with Gasteiger partial charge in [-0.1, -0.05) is 55.1 Å². The third-order valence-corrected chi connectivity index (χ3v) is 4.89. The number of amides is 1. The predicted molar refractivity (Wildman–Crippen MR) is 131 cm³/mol. The summed E-state index contributed by atoms with van der Waals surface area (Å²) in [7, 11) is 1.69. The van der Waals surface area contributed by atoms with Crippen molar-refractivity contribution in [2.45, 2.75) is 19.5 Å². The summed E-state index contributed by atoms with van der Waals surface area (Å²) < 4.78 is 5.68. The van der Waals surface area contributed by atoms with Crippen molar-refractivity contribution in [3.8, 4) is 5.75 Å². The molecule has 0 radical (unpaired) electrons. The van der Waals surface area contributed by atoms with Crippen LogP contribution in [0.4, 0.5) is 0 Å². The van der Waals surface area contributed by atoms with Crippen molar-refractivity contribution >= 4 is 35.8 Å². The summed E-state index contributed by atoms with van der Waals surface area (Å²) in [6.45, 7) is 6.29. The minimum Gasteiger partial charge on any atom is -0.489 e. The lowest BCUT2D eigenvalue weighted by atomic mass is 10.00. The molecule has 7 heteroatoms. The molecule has 2 aromatic rings. The van der Waals surface area contributed by atoms with Crippen molar-refractivity contribution < 1.29 is 9.53 Å². The van der Waals surface area contributed by atoms with Crippen LogP contribution in [0.2, 0.25) is 0 Å². The lowest BCUT2D eigenvalue weighted by Crippen LogP contribution is -2.45. The van der Waals surface area contributed by atoms with Gasteiger partial charge in [-0.2, -0.15) is 0 Å². The second-order valence-electron chi connectivity index (χ2n) is 6.82. The molecule has 0 saturated heterocycles. The van der Waals surface area contributed by atoms with Gasteiger partial charge in [-0.05, 0) is 23.6 Å². The van der Waals surface area contributed by atoms with Crippen LogP contribution in [-0.4, -0.2) is 43.5 Å². The molecule has 0 saturated carbocycles. The Hall–Kier alpha value is -2.55. The molecule has 1 heterocycles. The van der Waals surface area contributed by atoms with Gasteiger partial charge in [0.1, 0.15) is 12.4 Å². The third kappa shape index (κ3) is 6.48. The normalized spacial score (nSPS) is 13.0. The number of ether oxygens (including phenoxy) is 1. The number of carbonyl (C=O) groups excluding carboxylic acids is 1. The van der Waals surface area contributed by atoms with Crippen molar-refractivity contribution in [2.75, 3.05) is 26.7 Å². The molecule has 1 aliphatic rings. The molecule has 0 bridgehead atoms. The molecule has 0 fully saturated rings. The van der Waals surface area contributed by atoms with Gasteiger partial charge in [0.05, 0.1) is 6.54 Å². The average molecular weight is 520 g/mol. The molecule has 0 aromatic heterocycles. The molecular weight excluding hydrogens is 491 g/mol. The molecule has 0 spiro atoms. The largest absolute Gasteiger partial charge is 0.489 e. The van der Waals surface area contributed by atoms with E-state index in [2.05, 4.69) is 34.3 Å². The van der Waals surface area contributed by atoms with Crippen LogP contribution in [0.25, 0.3) is 0 Å². The van der Waals surface area contributed by atoms with Crippen LogP contribution in [0.1, 0.15) is 16.7 Å². The molecule has 2 aromatic carbocycles. The number of nitrogens with one attached hydrogen (secondary N) is 2. The van der Waals surface area contributed by atoms with Gasteiger partial charge < -0.3 is 20.3 Å². The number of fused-ring (bicyclic) bond motifs is 1. The van der Waals surface area contributed by atoms with E-state index in [-0.39, 0.29) is 36.4 Å². The van der Waals surface area contributed by atoms with Crippen LogP contribution >= 0.6 is 24.0 Å². The van der Waals surface area contributed by atoms with Gasteiger partial charge in [0, 0.05) is 32.2 Å². The van der Waals surface area contributed by atoms with E-state index in [0.717, 1.165) is 24.3 Å².